The van der Waals surface area contributed by atoms with Gasteiger partial charge in [0.15, 0.2) is 17.3 Å². The summed E-state index contributed by atoms with van der Waals surface area (Å²) >= 11 is 0. The first-order chi connectivity index (χ1) is 69.6. The number of carbonyl (C=O) groups excluding carboxylic acids is 18. The van der Waals surface area contributed by atoms with Crippen molar-refractivity contribution in [3.05, 3.63) is 301 Å². The lowest BCUT2D eigenvalue weighted by Gasteiger charge is -2.31. The molecule has 0 unspecified atom stereocenters. The van der Waals surface area contributed by atoms with Gasteiger partial charge in [-0.15, -0.1) is 0 Å². The maximum Gasteiger partial charge on any atom is 0.418 e. The van der Waals surface area contributed by atoms with Crippen LogP contribution in [0.1, 0.15) is 231 Å². The lowest BCUT2D eigenvalue weighted by Crippen LogP contribution is -2.50. The standard InChI is InChI=1S/C39H41FN4O8.C37H38FN3O7.C36H38FN3O6/c1-24(21-41-35(48)17-15-33(47)14-8-27-4-9-29(10-5-27)25(2)45)43(22-28-6-11-31(40)12-7-28)36(49)23-44-37(50)39(52-38(44)51)19-18-30-20-32(42-26(3)46)13-16-34(30)39;1-23(2)40(21-26-6-11-29(38)12-7-26)34(45)22-41-35(46)37(48-36(41)47)19-18-28-20-30(13-16-32(28)37)39-33(44)17-15-31(43)14-8-25-4-9-27(10-5-25)24(3)42;1-23(2)39(21-26-6-11-29(37)12-7-26)33(43)22-40-34(44)36(46-35(40)45)18-16-28-20-30(13-15-32(28)36)38-19-17-31(42)14-8-25-4-9-27(10-5-25)24(3)41/h4-7,9-13,16,20,24H,8,14-15,17-19,21-23H2,1-3H3,(H,41,48)(H,42,46);4-7,9-13,16,20,23H,8,14-15,17-19,21-22H2,1-3H3,(H,39,44);4-7,9-13,15,20,23,38H,8,14,16-19,21-22H2,1-3H3/t24-,39+;37-;36-/m011/s1. The highest BCUT2D eigenvalue weighted by Gasteiger charge is 2.62. The molecule has 0 aromatic heterocycles. The molecule has 0 saturated carbocycles. The van der Waals surface area contributed by atoms with Crippen LogP contribution in [0.4, 0.5) is 44.6 Å². The van der Waals surface area contributed by atoms with E-state index in [2.05, 4.69) is 21.3 Å². The lowest BCUT2D eigenvalue weighted by atomic mass is 9.94. The Balaban J connectivity index is 0.000000184. The van der Waals surface area contributed by atoms with Crippen LogP contribution in [0.3, 0.4) is 0 Å². The van der Waals surface area contributed by atoms with Crippen molar-refractivity contribution in [2.75, 3.05) is 48.7 Å². The van der Waals surface area contributed by atoms with Crippen LogP contribution in [0.25, 0.3) is 0 Å². The summed E-state index contributed by atoms with van der Waals surface area (Å²) in [6.45, 7) is 14.1. The number of Topliss-reactive ketones (excluding diaryl/α,β-unsaturated/α-hetero) is 6. The molecule has 6 aliphatic rings. The number of rotatable bonds is 41. The van der Waals surface area contributed by atoms with E-state index in [0.717, 1.165) is 59.3 Å². The third kappa shape index (κ3) is 26.4. The van der Waals surface area contributed by atoms with Crippen LogP contribution in [0.2, 0.25) is 0 Å². The maximum absolute atomic E-state index is 13.8. The van der Waals surface area contributed by atoms with Gasteiger partial charge in [0.2, 0.25) is 52.2 Å². The number of hydrogen-bond acceptors (Lipinski definition) is 22. The molecule has 762 valence electrons. The summed E-state index contributed by atoms with van der Waals surface area (Å²) in [5, 5.41) is 11.5. The van der Waals surface area contributed by atoms with E-state index in [4.69, 9.17) is 14.2 Å². The van der Waals surface area contributed by atoms with Crippen molar-refractivity contribution in [3.8, 4) is 0 Å². The Hall–Kier alpha value is -15.8. The molecule has 15 rings (SSSR count). The number of amides is 12. The summed E-state index contributed by atoms with van der Waals surface area (Å²) < 4.78 is 57.4. The zero-order valence-corrected chi connectivity index (χ0v) is 82.9. The molecule has 31 nitrogen and oxygen atoms in total. The van der Waals surface area contributed by atoms with E-state index in [0.29, 0.717) is 114 Å². The molecule has 9 aromatic rings. The number of anilines is 3. The predicted molar refractivity (Wildman–Crippen MR) is 531 cm³/mol. The third-order valence-electron chi connectivity index (χ3n) is 26.8. The summed E-state index contributed by atoms with van der Waals surface area (Å²) in [6.07, 6.45) is 2.24. The number of benzene rings is 9. The largest absolute Gasteiger partial charge is 0.427 e. The van der Waals surface area contributed by atoms with Gasteiger partial charge in [-0.1, -0.05) is 127 Å². The molecule has 4 N–H and O–H groups in total. The minimum absolute atomic E-state index is 0.000980. The molecule has 3 heterocycles. The quantitative estimate of drug-likeness (QED) is 0.0204. The normalized spacial score (nSPS) is 16.7. The second-order valence-electron chi connectivity index (χ2n) is 37.9. The van der Waals surface area contributed by atoms with Crippen LogP contribution in [-0.2, 0) is 147 Å². The van der Waals surface area contributed by atoms with E-state index in [-0.39, 0.29) is 154 Å². The van der Waals surface area contributed by atoms with E-state index in [9.17, 15) is 99.5 Å². The summed E-state index contributed by atoms with van der Waals surface area (Å²) in [6, 6.07) is 52.9. The molecule has 146 heavy (non-hydrogen) atoms. The van der Waals surface area contributed by atoms with Gasteiger partial charge in [-0.25, -0.2) is 42.3 Å². The zero-order chi connectivity index (χ0) is 105. The van der Waals surface area contributed by atoms with E-state index in [1.54, 1.807) is 128 Å². The van der Waals surface area contributed by atoms with Gasteiger partial charge in [0.25, 0.3) is 17.7 Å². The van der Waals surface area contributed by atoms with Crippen molar-refractivity contribution in [1.82, 2.24) is 34.7 Å². The number of aryl methyl sites for hydroxylation is 6. The Labute approximate surface area is 843 Å². The van der Waals surface area contributed by atoms with Crippen LogP contribution < -0.4 is 21.3 Å². The van der Waals surface area contributed by atoms with Crippen molar-refractivity contribution in [2.45, 2.75) is 226 Å². The Kier molecular flexibility index (Phi) is 35.1. The summed E-state index contributed by atoms with van der Waals surface area (Å²) in [5.41, 5.74) is 7.89. The van der Waals surface area contributed by atoms with Crippen LogP contribution in [0.5, 0.6) is 0 Å². The Morgan fingerprint density at radius 3 is 0.986 bits per heavy atom. The Morgan fingerprint density at radius 2 is 0.651 bits per heavy atom. The number of nitrogens with zero attached hydrogens (tertiary/aromatic N) is 6. The molecular formula is C112H117F3N10O21. The molecule has 3 aliphatic heterocycles. The number of hydrogen-bond donors (Lipinski definition) is 4. The minimum atomic E-state index is -1.58. The first-order valence-electron chi connectivity index (χ1n) is 48.7. The molecule has 0 radical (unpaired) electrons. The summed E-state index contributed by atoms with van der Waals surface area (Å²) in [7, 11) is 0. The van der Waals surface area contributed by atoms with Gasteiger partial charge in [0.1, 0.15) is 54.4 Å². The van der Waals surface area contributed by atoms with Gasteiger partial charge in [-0.05, 0) is 217 Å². The SMILES string of the molecule is CC(=O)Nc1ccc2c(c1)CC[C@@]21OC(=O)N(CC(=O)N(Cc2ccc(F)cc2)[C@@H](C)CNC(=O)CCC(=O)CCc2ccc(C(C)=O)cc2)C1=O.CC(=O)c1ccc(CCC(=O)CCC(=O)Nc2ccc3c(c2)CC[C@@]32OC(=O)N(CC(=O)N(Cc3ccc(F)cc3)C(C)C)C2=O)cc1.CC(=O)c1ccc(CCC(=O)CCNc2ccc3c(c2)CC[C@@]32OC(=O)N(CC(=O)N(Cc3ccc(F)cc3)C(C)C)C2=O)cc1. The number of ether oxygens (including phenoxy) is 3. The van der Waals surface area contributed by atoms with Gasteiger partial charge < -0.3 is 50.2 Å². The van der Waals surface area contributed by atoms with Crippen molar-refractivity contribution >= 4 is 123 Å². The third-order valence-corrected chi connectivity index (χ3v) is 26.8. The highest BCUT2D eigenvalue weighted by atomic mass is 19.1. The molecule has 0 bridgehead atoms. The van der Waals surface area contributed by atoms with Gasteiger partial charge in [0.05, 0.1) is 0 Å². The first-order valence-corrected chi connectivity index (χ1v) is 48.7. The maximum atomic E-state index is 13.8. The fourth-order valence-corrected chi connectivity index (χ4v) is 18.6. The van der Waals surface area contributed by atoms with E-state index >= 15 is 0 Å². The number of nitrogens with one attached hydrogen (secondary N) is 4. The Bertz CT molecular complexity index is 6540. The minimum Gasteiger partial charge on any atom is -0.427 e. The molecule has 3 saturated heterocycles. The first kappa shape index (κ1) is 108. The van der Waals surface area contributed by atoms with Crippen molar-refractivity contribution in [1.29, 1.82) is 0 Å². The molecule has 4 atom stereocenters. The van der Waals surface area contributed by atoms with E-state index in [1.807, 2.05) is 58.0 Å². The summed E-state index contributed by atoms with van der Waals surface area (Å²) in [4.78, 5) is 236. The smallest absolute Gasteiger partial charge is 0.418 e. The predicted octanol–water partition coefficient (Wildman–Crippen LogP) is 15.7. The number of fused-ring (bicyclic) bond motifs is 6. The topological polar surface area (TPSA) is 403 Å². The lowest BCUT2D eigenvalue weighted by molar-refractivity contribution is -0.143. The van der Waals surface area contributed by atoms with Crippen LogP contribution in [0, 0.1) is 17.5 Å². The number of imide groups is 3. The average molecular weight is 2000 g/mol. The molecule has 34 heteroatoms. The second-order valence-corrected chi connectivity index (χ2v) is 37.9. The number of carbonyl (C=O) groups is 18. The van der Waals surface area contributed by atoms with Crippen molar-refractivity contribution in [2.24, 2.45) is 0 Å². The highest BCUT2D eigenvalue weighted by molar-refractivity contribution is 6.09. The molecule has 3 aliphatic carbocycles. The molecule has 3 fully saturated rings. The number of ketones is 6. The van der Waals surface area contributed by atoms with Crippen LogP contribution >= 0.6 is 0 Å². The molecule has 9 aromatic carbocycles. The second kappa shape index (κ2) is 47.6. The Morgan fingerprint density at radius 1 is 0.349 bits per heavy atom. The molecule has 12 amide bonds. The van der Waals surface area contributed by atoms with Gasteiger partial charge in [0, 0.05) is 179 Å². The summed E-state index contributed by atoms with van der Waals surface area (Å²) in [5.74, 6) is -5.58. The zero-order valence-electron chi connectivity index (χ0n) is 82.9. The van der Waals surface area contributed by atoms with Crippen molar-refractivity contribution in [3.63, 3.8) is 0 Å². The van der Waals surface area contributed by atoms with E-state index < -0.39 is 108 Å². The fraction of sp³-hybridized carbons (Fsp3) is 0.357. The van der Waals surface area contributed by atoms with Crippen LogP contribution in [-0.4, -0.2) is 186 Å². The van der Waals surface area contributed by atoms with Gasteiger partial charge >= 0.3 is 18.3 Å². The average Bonchev–Trinajstić information content (AvgIpc) is 1.58. The van der Waals surface area contributed by atoms with Gasteiger partial charge in [-0.3, -0.25) is 71.9 Å². The molecular weight excluding hydrogens is 1880 g/mol. The van der Waals surface area contributed by atoms with Crippen LogP contribution in [0.15, 0.2) is 200 Å². The van der Waals surface area contributed by atoms with Crippen molar-refractivity contribution < 1.29 is 114 Å². The number of halogens is 3. The molecule has 3 spiro atoms. The highest BCUT2D eigenvalue weighted by Crippen LogP contribution is 2.50. The van der Waals surface area contributed by atoms with E-state index in [1.165, 1.54) is 90.9 Å². The van der Waals surface area contributed by atoms with Gasteiger partial charge in [-0.2, -0.15) is 0 Å². The fourth-order valence-electron chi connectivity index (χ4n) is 18.6. The monoisotopic (exact) mass is 1990 g/mol.